The zero-order valence-electron chi connectivity index (χ0n) is 17.1. The molecule has 0 spiro atoms. The number of thiophene rings is 1. The topological polar surface area (TPSA) is 84.5 Å². The monoisotopic (exact) mass is 444 g/mol. The molecule has 30 heavy (non-hydrogen) atoms. The molecule has 1 aromatic heterocycles. The van der Waals surface area contributed by atoms with E-state index in [4.69, 9.17) is 4.74 Å². The second-order valence-electron chi connectivity index (χ2n) is 6.78. The number of amides is 1. The first kappa shape index (κ1) is 21.9. The van der Waals surface area contributed by atoms with E-state index in [-0.39, 0.29) is 22.1 Å². The van der Waals surface area contributed by atoms with Crippen LogP contribution in [0.2, 0.25) is 0 Å². The van der Waals surface area contributed by atoms with E-state index in [1.54, 1.807) is 44.4 Å². The van der Waals surface area contributed by atoms with E-state index in [1.165, 1.54) is 11.3 Å². The predicted octanol–water partition coefficient (Wildman–Crippen LogP) is 4.15. The van der Waals surface area contributed by atoms with E-state index in [0.717, 1.165) is 16.2 Å². The van der Waals surface area contributed by atoms with Crippen molar-refractivity contribution >= 4 is 33.0 Å². The lowest BCUT2D eigenvalue weighted by molar-refractivity contribution is 0.0955. The van der Waals surface area contributed by atoms with Crippen LogP contribution in [0.5, 0.6) is 5.75 Å². The quantitative estimate of drug-likeness (QED) is 0.547. The van der Waals surface area contributed by atoms with Gasteiger partial charge in [-0.2, -0.15) is 0 Å². The molecule has 6 nitrogen and oxygen atoms in total. The number of carbonyl (C=O) groups excluding carboxylic acids is 1. The number of carbonyl (C=O) groups is 1. The molecule has 8 heteroatoms. The standard InChI is InChI=1S/C22H24N2O4S2/c1-15-14-21(16(2)29-15)30(26,27)24-20-7-5-4-6-19(20)22(25)23-13-12-17-8-10-18(28-3)11-9-17/h4-11,14,24H,12-13H2,1-3H3,(H,23,25). The molecule has 1 amide bonds. The van der Waals surface area contributed by atoms with Crippen molar-refractivity contribution in [1.82, 2.24) is 5.32 Å². The maximum atomic E-state index is 12.8. The van der Waals surface area contributed by atoms with Gasteiger partial charge in [0, 0.05) is 16.3 Å². The van der Waals surface area contributed by atoms with Crippen LogP contribution < -0.4 is 14.8 Å². The van der Waals surface area contributed by atoms with Gasteiger partial charge in [-0.3, -0.25) is 9.52 Å². The third-order valence-corrected chi connectivity index (χ3v) is 7.15. The summed E-state index contributed by atoms with van der Waals surface area (Å²) in [4.78, 5) is 14.5. The third kappa shape index (κ3) is 5.20. The van der Waals surface area contributed by atoms with Crippen LogP contribution in [-0.2, 0) is 16.4 Å². The summed E-state index contributed by atoms with van der Waals surface area (Å²) in [6.07, 6.45) is 0.650. The Bertz CT molecular complexity index is 1140. The summed E-state index contributed by atoms with van der Waals surface area (Å²) in [5.41, 5.74) is 1.59. The van der Waals surface area contributed by atoms with Crippen molar-refractivity contribution < 1.29 is 17.9 Å². The van der Waals surface area contributed by atoms with E-state index in [1.807, 2.05) is 31.2 Å². The first-order chi connectivity index (χ1) is 14.3. The number of para-hydroxylation sites is 1. The Labute approximate surface area is 181 Å². The van der Waals surface area contributed by atoms with Crippen LogP contribution in [0.1, 0.15) is 25.7 Å². The van der Waals surface area contributed by atoms with Gasteiger partial charge < -0.3 is 10.1 Å². The number of sulfonamides is 1. The van der Waals surface area contributed by atoms with E-state index < -0.39 is 10.0 Å². The fraction of sp³-hybridized carbons (Fsp3) is 0.227. The molecule has 3 aromatic rings. The van der Waals surface area contributed by atoms with Crippen LogP contribution in [0.15, 0.2) is 59.5 Å². The normalized spacial score (nSPS) is 11.2. The van der Waals surface area contributed by atoms with Gasteiger partial charge in [0.25, 0.3) is 15.9 Å². The lowest BCUT2D eigenvalue weighted by Crippen LogP contribution is -2.27. The predicted molar refractivity (Wildman–Crippen MR) is 120 cm³/mol. The molecule has 0 bridgehead atoms. The van der Waals surface area contributed by atoms with Gasteiger partial charge in [-0.1, -0.05) is 24.3 Å². The van der Waals surface area contributed by atoms with Gasteiger partial charge >= 0.3 is 0 Å². The Hall–Kier alpha value is -2.84. The lowest BCUT2D eigenvalue weighted by atomic mass is 10.1. The second kappa shape index (κ2) is 9.32. The fourth-order valence-corrected chi connectivity index (χ4v) is 5.69. The average molecular weight is 445 g/mol. The van der Waals surface area contributed by atoms with Gasteiger partial charge in [-0.15, -0.1) is 11.3 Å². The smallest absolute Gasteiger partial charge is 0.263 e. The Balaban J connectivity index is 1.69. The molecule has 3 rings (SSSR count). The molecule has 0 saturated heterocycles. The Morgan fingerprint density at radius 3 is 2.40 bits per heavy atom. The highest BCUT2D eigenvalue weighted by molar-refractivity contribution is 7.93. The molecular weight excluding hydrogens is 420 g/mol. The van der Waals surface area contributed by atoms with E-state index in [9.17, 15) is 13.2 Å². The van der Waals surface area contributed by atoms with Crippen molar-refractivity contribution in [3.63, 3.8) is 0 Å². The van der Waals surface area contributed by atoms with Crippen LogP contribution in [0.3, 0.4) is 0 Å². The van der Waals surface area contributed by atoms with Crippen molar-refractivity contribution in [2.75, 3.05) is 18.4 Å². The average Bonchev–Trinajstić information content (AvgIpc) is 3.07. The van der Waals surface area contributed by atoms with Crippen molar-refractivity contribution in [3.05, 3.63) is 75.5 Å². The van der Waals surface area contributed by atoms with Gasteiger partial charge in [0.15, 0.2) is 0 Å². The summed E-state index contributed by atoms with van der Waals surface area (Å²) in [6.45, 7) is 4.06. The van der Waals surface area contributed by atoms with E-state index in [2.05, 4.69) is 10.0 Å². The van der Waals surface area contributed by atoms with Crippen LogP contribution in [0.4, 0.5) is 5.69 Å². The SMILES string of the molecule is COc1ccc(CCNC(=O)c2ccccc2NS(=O)(=O)c2cc(C)sc2C)cc1. The zero-order valence-corrected chi connectivity index (χ0v) is 18.7. The first-order valence-corrected chi connectivity index (χ1v) is 11.7. The van der Waals surface area contributed by atoms with Crippen molar-refractivity contribution in [2.24, 2.45) is 0 Å². The van der Waals surface area contributed by atoms with Gasteiger partial charge in [-0.05, 0) is 56.2 Å². The summed E-state index contributed by atoms with van der Waals surface area (Å²) >= 11 is 1.42. The number of nitrogens with one attached hydrogen (secondary N) is 2. The van der Waals surface area contributed by atoms with Crippen molar-refractivity contribution in [2.45, 2.75) is 25.2 Å². The van der Waals surface area contributed by atoms with Gasteiger partial charge in [-0.25, -0.2) is 8.42 Å². The summed E-state index contributed by atoms with van der Waals surface area (Å²) in [5.74, 6) is 0.445. The molecule has 2 aromatic carbocycles. The second-order valence-corrected chi connectivity index (χ2v) is 9.89. The number of anilines is 1. The minimum atomic E-state index is -3.78. The highest BCUT2D eigenvalue weighted by Crippen LogP contribution is 2.27. The number of methoxy groups -OCH3 is 1. The maximum Gasteiger partial charge on any atom is 0.263 e. The minimum absolute atomic E-state index is 0.236. The number of aryl methyl sites for hydroxylation is 2. The van der Waals surface area contributed by atoms with Gasteiger partial charge in [0.05, 0.1) is 18.4 Å². The van der Waals surface area contributed by atoms with Gasteiger partial charge in [0.2, 0.25) is 0 Å². The Kier molecular flexibility index (Phi) is 6.79. The first-order valence-electron chi connectivity index (χ1n) is 9.40. The van der Waals surface area contributed by atoms with Crippen LogP contribution in [0.25, 0.3) is 0 Å². The Morgan fingerprint density at radius 2 is 1.77 bits per heavy atom. The highest BCUT2D eigenvalue weighted by atomic mass is 32.2. The molecule has 0 saturated carbocycles. The molecule has 0 radical (unpaired) electrons. The summed E-state index contributed by atoms with van der Waals surface area (Å²) < 4.78 is 33.3. The molecule has 1 heterocycles. The van der Waals surface area contributed by atoms with Crippen molar-refractivity contribution in [1.29, 1.82) is 0 Å². The molecule has 158 valence electrons. The molecule has 0 atom stereocenters. The number of hydrogen-bond acceptors (Lipinski definition) is 5. The number of hydrogen-bond donors (Lipinski definition) is 2. The molecule has 0 aliphatic heterocycles. The molecule has 0 aliphatic rings. The third-order valence-electron chi connectivity index (χ3n) is 4.56. The molecular formula is C22H24N2O4S2. The van der Waals surface area contributed by atoms with Crippen molar-refractivity contribution in [3.8, 4) is 5.75 Å². The molecule has 0 aliphatic carbocycles. The van der Waals surface area contributed by atoms with Gasteiger partial charge in [0.1, 0.15) is 10.6 Å². The van der Waals surface area contributed by atoms with Crippen LogP contribution >= 0.6 is 11.3 Å². The highest BCUT2D eigenvalue weighted by Gasteiger charge is 2.21. The molecule has 2 N–H and O–H groups in total. The summed E-state index contributed by atoms with van der Waals surface area (Å²) in [6, 6.07) is 15.9. The maximum absolute atomic E-state index is 12.8. The molecule has 0 unspecified atom stereocenters. The zero-order chi connectivity index (χ0) is 21.7. The fourth-order valence-electron chi connectivity index (χ4n) is 3.05. The van der Waals surface area contributed by atoms with E-state index >= 15 is 0 Å². The van der Waals surface area contributed by atoms with E-state index in [0.29, 0.717) is 17.8 Å². The van der Waals surface area contributed by atoms with Crippen LogP contribution in [-0.4, -0.2) is 28.0 Å². The number of benzene rings is 2. The minimum Gasteiger partial charge on any atom is -0.497 e. The lowest BCUT2D eigenvalue weighted by Gasteiger charge is -2.13. The number of rotatable bonds is 8. The van der Waals surface area contributed by atoms with Crippen LogP contribution in [0, 0.1) is 13.8 Å². The summed E-state index contributed by atoms with van der Waals surface area (Å²) in [7, 11) is -2.17. The largest absolute Gasteiger partial charge is 0.497 e. The molecule has 0 fully saturated rings. The Morgan fingerprint density at radius 1 is 1.07 bits per heavy atom. The summed E-state index contributed by atoms with van der Waals surface area (Å²) in [5, 5.41) is 2.85. The number of ether oxygens (including phenoxy) is 1.